The van der Waals surface area contributed by atoms with E-state index in [-0.39, 0.29) is 5.56 Å². The molecule has 4 nitrogen and oxygen atoms in total. The van der Waals surface area contributed by atoms with Gasteiger partial charge in [-0.25, -0.2) is 4.79 Å². The fourth-order valence-electron chi connectivity index (χ4n) is 1.42. The summed E-state index contributed by atoms with van der Waals surface area (Å²) in [5, 5.41) is 8.74. The average Bonchev–Trinajstić information content (AvgIpc) is 2.77. The number of carboxylic acids is 1. The minimum atomic E-state index is -0.951. The SMILES string of the molecule is O=Cc1ccn(-c2ccc(C(=O)O)cc2)c1. The van der Waals surface area contributed by atoms with E-state index in [9.17, 15) is 9.59 Å². The van der Waals surface area contributed by atoms with Gasteiger partial charge >= 0.3 is 5.97 Å². The summed E-state index contributed by atoms with van der Waals surface area (Å²) in [4.78, 5) is 21.1. The lowest BCUT2D eigenvalue weighted by molar-refractivity contribution is 0.0696. The van der Waals surface area contributed by atoms with Gasteiger partial charge < -0.3 is 9.67 Å². The van der Waals surface area contributed by atoms with Gasteiger partial charge in [-0.15, -0.1) is 0 Å². The van der Waals surface area contributed by atoms with Crippen LogP contribution in [0.2, 0.25) is 0 Å². The minimum Gasteiger partial charge on any atom is -0.478 e. The lowest BCUT2D eigenvalue weighted by atomic mass is 10.2. The smallest absolute Gasteiger partial charge is 0.335 e. The third-order valence-corrected chi connectivity index (χ3v) is 2.26. The highest BCUT2D eigenvalue weighted by Crippen LogP contribution is 2.11. The molecule has 0 atom stereocenters. The molecule has 0 aliphatic heterocycles. The van der Waals surface area contributed by atoms with Gasteiger partial charge in [0.2, 0.25) is 0 Å². The zero-order chi connectivity index (χ0) is 11.5. The predicted molar refractivity (Wildman–Crippen MR) is 58.1 cm³/mol. The molecule has 2 aromatic rings. The second-order valence-electron chi connectivity index (χ2n) is 3.32. The monoisotopic (exact) mass is 215 g/mol. The number of aromatic nitrogens is 1. The second-order valence-corrected chi connectivity index (χ2v) is 3.32. The normalized spacial score (nSPS) is 10.0. The summed E-state index contributed by atoms with van der Waals surface area (Å²) in [6, 6.07) is 8.13. The fourth-order valence-corrected chi connectivity index (χ4v) is 1.42. The van der Waals surface area contributed by atoms with E-state index in [2.05, 4.69) is 0 Å². The summed E-state index contributed by atoms with van der Waals surface area (Å²) in [7, 11) is 0. The van der Waals surface area contributed by atoms with Crippen molar-refractivity contribution in [1.82, 2.24) is 4.57 Å². The Hall–Kier alpha value is -2.36. The highest BCUT2D eigenvalue weighted by atomic mass is 16.4. The van der Waals surface area contributed by atoms with Crippen LogP contribution in [0.4, 0.5) is 0 Å². The summed E-state index contributed by atoms with van der Waals surface area (Å²) < 4.78 is 1.76. The molecule has 0 aliphatic rings. The van der Waals surface area contributed by atoms with E-state index in [0.29, 0.717) is 5.56 Å². The van der Waals surface area contributed by atoms with Crippen molar-refractivity contribution >= 4 is 12.3 Å². The lowest BCUT2D eigenvalue weighted by Crippen LogP contribution is -1.97. The molecule has 1 aromatic heterocycles. The lowest BCUT2D eigenvalue weighted by Gasteiger charge is -2.02. The molecule has 0 unspecified atom stereocenters. The Morgan fingerprint density at radius 3 is 2.38 bits per heavy atom. The Morgan fingerprint density at radius 2 is 1.88 bits per heavy atom. The molecule has 0 saturated heterocycles. The number of nitrogens with zero attached hydrogens (tertiary/aromatic N) is 1. The zero-order valence-corrected chi connectivity index (χ0v) is 8.33. The van der Waals surface area contributed by atoms with Gasteiger partial charge in [-0.1, -0.05) is 0 Å². The summed E-state index contributed by atoms with van der Waals surface area (Å²) in [5.41, 5.74) is 1.65. The maximum absolute atomic E-state index is 10.6. The summed E-state index contributed by atoms with van der Waals surface area (Å²) in [6.45, 7) is 0. The number of hydrogen-bond acceptors (Lipinski definition) is 2. The third kappa shape index (κ3) is 1.86. The van der Waals surface area contributed by atoms with Gasteiger partial charge in [0, 0.05) is 23.6 Å². The largest absolute Gasteiger partial charge is 0.478 e. The Bertz CT molecular complexity index is 525. The Balaban J connectivity index is 2.34. The molecule has 0 radical (unpaired) electrons. The van der Waals surface area contributed by atoms with Crippen molar-refractivity contribution in [2.24, 2.45) is 0 Å². The van der Waals surface area contributed by atoms with Crippen LogP contribution in [0.25, 0.3) is 5.69 Å². The molecular weight excluding hydrogens is 206 g/mol. The topological polar surface area (TPSA) is 59.3 Å². The van der Waals surface area contributed by atoms with Gasteiger partial charge in [0.1, 0.15) is 0 Å². The van der Waals surface area contributed by atoms with Crippen molar-refractivity contribution in [1.29, 1.82) is 0 Å². The fraction of sp³-hybridized carbons (Fsp3) is 0. The van der Waals surface area contributed by atoms with Crippen molar-refractivity contribution in [2.75, 3.05) is 0 Å². The van der Waals surface area contributed by atoms with Crippen LogP contribution in [0.15, 0.2) is 42.7 Å². The van der Waals surface area contributed by atoms with Crippen molar-refractivity contribution in [3.05, 3.63) is 53.9 Å². The van der Waals surface area contributed by atoms with Gasteiger partial charge in [-0.3, -0.25) is 4.79 Å². The van der Waals surface area contributed by atoms with Crippen LogP contribution in [0, 0.1) is 0 Å². The van der Waals surface area contributed by atoms with Crippen LogP contribution in [-0.2, 0) is 0 Å². The summed E-state index contributed by atoms with van der Waals surface area (Å²) >= 11 is 0. The van der Waals surface area contributed by atoms with Crippen LogP contribution in [-0.4, -0.2) is 21.9 Å². The van der Waals surface area contributed by atoms with E-state index >= 15 is 0 Å². The highest BCUT2D eigenvalue weighted by Gasteiger charge is 2.02. The number of benzene rings is 1. The first-order valence-corrected chi connectivity index (χ1v) is 4.67. The van der Waals surface area contributed by atoms with Crippen molar-refractivity contribution in [3.63, 3.8) is 0 Å². The molecule has 16 heavy (non-hydrogen) atoms. The van der Waals surface area contributed by atoms with Crippen LogP contribution >= 0.6 is 0 Å². The minimum absolute atomic E-state index is 0.242. The second kappa shape index (κ2) is 4.02. The molecule has 0 fully saturated rings. The zero-order valence-electron chi connectivity index (χ0n) is 8.33. The first-order chi connectivity index (χ1) is 7.70. The molecule has 0 bridgehead atoms. The average molecular weight is 215 g/mol. The number of hydrogen-bond donors (Lipinski definition) is 1. The number of aldehydes is 1. The van der Waals surface area contributed by atoms with E-state index in [1.807, 2.05) is 0 Å². The van der Waals surface area contributed by atoms with E-state index < -0.39 is 5.97 Å². The number of carbonyl (C=O) groups excluding carboxylic acids is 1. The molecule has 1 heterocycles. The van der Waals surface area contributed by atoms with Gasteiger partial charge in [-0.05, 0) is 30.3 Å². The molecule has 80 valence electrons. The third-order valence-electron chi connectivity index (χ3n) is 2.26. The predicted octanol–water partition coefficient (Wildman–Crippen LogP) is 1.99. The standard InChI is InChI=1S/C12H9NO3/c14-8-9-5-6-13(7-9)11-3-1-10(2-4-11)12(15)16/h1-8H,(H,15,16). The molecule has 1 aromatic carbocycles. The number of rotatable bonds is 3. The molecular formula is C12H9NO3. The highest BCUT2D eigenvalue weighted by molar-refractivity contribution is 5.87. The molecule has 0 saturated carbocycles. The van der Waals surface area contributed by atoms with Crippen LogP contribution in [0.5, 0.6) is 0 Å². The number of carbonyl (C=O) groups is 2. The molecule has 1 N–H and O–H groups in total. The number of aromatic carboxylic acids is 1. The first kappa shape index (κ1) is 10.2. The van der Waals surface area contributed by atoms with Crippen LogP contribution < -0.4 is 0 Å². The van der Waals surface area contributed by atoms with Crippen molar-refractivity contribution in [2.45, 2.75) is 0 Å². The maximum atomic E-state index is 10.6. The quantitative estimate of drug-likeness (QED) is 0.796. The Morgan fingerprint density at radius 1 is 1.19 bits per heavy atom. The molecule has 0 amide bonds. The number of carboxylic acid groups (broad SMARTS) is 1. The first-order valence-electron chi connectivity index (χ1n) is 4.67. The van der Waals surface area contributed by atoms with Crippen LogP contribution in [0.1, 0.15) is 20.7 Å². The maximum Gasteiger partial charge on any atom is 0.335 e. The van der Waals surface area contributed by atoms with E-state index in [1.54, 1.807) is 35.2 Å². The Labute approximate surface area is 91.8 Å². The molecule has 0 spiro atoms. The van der Waals surface area contributed by atoms with Crippen molar-refractivity contribution < 1.29 is 14.7 Å². The Kier molecular flexibility index (Phi) is 2.55. The van der Waals surface area contributed by atoms with E-state index in [1.165, 1.54) is 12.1 Å². The molecule has 2 rings (SSSR count). The van der Waals surface area contributed by atoms with Gasteiger partial charge in [0.15, 0.2) is 6.29 Å². The summed E-state index contributed by atoms with van der Waals surface area (Å²) in [5.74, 6) is -0.951. The summed E-state index contributed by atoms with van der Waals surface area (Å²) in [6.07, 6.45) is 4.20. The molecule has 4 heteroatoms. The van der Waals surface area contributed by atoms with E-state index in [0.717, 1.165) is 12.0 Å². The van der Waals surface area contributed by atoms with E-state index in [4.69, 9.17) is 5.11 Å². The van der Waals surface area contributed by atoms with Gasteiger partial charge in [0.25, 0.3) is 0 Å². The van der Waals surface area contributed by atoms with Crippen LogP contribution in [0.3, 0.4) is 0 Å². The van der Waals surface area contributed by atoms with Gasteiger partial charge in [0.05, 0.1) is 5.56 Å². The van der Waals surface area contributed by atoms with Gasteiger partial charge in [-0.2, -0.15) is 0 Å². The molecule has 0 aliphatic carbocycles. The van der Waals surface area contributed by atoms with Crippen molar-refractivity contribution in [3.8, 4) is 5.69 Å².